The molecule has 0 amide bonds. The maximum atomic E-state index is 9.45. The monoisotopic (exact) mass is 222 g/mol. The van der Waals surface area contributed by atoms with Gasteiger partial charge in [0.2, 0.25) is 0 Å². The van der Waals surface area contributed by atoms with E-state index in [-0.39, 0.29) is 13.2 Å². The number of rotatable bonds is 6. The molecule has 1 aromatic carbocycles. The van der Waals surface area contributed by atoms with Crippen LogP contribution in [-0.4, -0.2) is 31.5 Å². The fourth-order valence-electron chi connectivity index (χ4n) is 1.11. The number of nitrogens with zero attached hydrogens (tertiary/aromatic N) is 1. The van der Waals surface area contributed by atoms with Crippen LogP contribution in [0.2, 0.25) is 0 Å². The van der Waals surface area contributed by atoms with Crippen LogP contribution < -0.4 is 10.2 Å². The van der Waals surface area contributed by atoms with Crippen molar-refractivity contribution in [2.45, 2.75) is 6.10 Å². The van der Waals surface area contributed by atoms with Crippen molar-refractivity contribution in [3.05, 3.63) is 29.8 Å². The molecule has 0 heterocycles. The van der Waals surface area contributed by atoms with E-state index in [9.17, 15) is 5.11 Å². The Morgan fingerprint density at radius 3 is 2.94 bits per heavy atom. The number of benzene rings is 1. The van der Waals surface area contributed by atoms with Crippen molar-refractivity contribution >= 4 is 0 Å². The molecule has 0 aliphatic heterocycles. The van der Waals surface area contributed by atoms with Crippen LogP contribution in [0.4, 0.5) is 0 Å². The van der Waals surface area contributed by atoms with E-state index in [1.807, 2.05) is 6.07 Å². The van der Waals surface area contributed by atoms with Gasteiger partial charge in [0.25, 0.3) is 0 Å². The fourth-order valence-corrected chi connectivity index (χ4v) is 1.11. The molecule has 0 fully saturated rings. The second kappa shape index (κ2) is 6.80. The van der Waals surface area contributed by atoms with Crippen molar-refractivity contribution in [1.82, 2.24) is 5.48 Å². The molecule has 0 aromatic heterocycles. The molecule has 1 atom stereocenters. The van der Waals surface area contributed by atoms with E-state index >= 15 is 0 Å². The minimum atomic E-state index is -0.688. The summed E-state index contributed by atoms with van der Waals surface area (Å²) in [6.45, 7) is 0.375. The Labute approximate surface area is 94.2 Å². The van der Waals surface area contributed by atoms with Crippen molar-refractivity contribution < 1.29 is 14.7 Å². The highest BCUT2D eigenvalue weighted by Crippen LogP contribution is 2.16. The van der Waals surface area contributed by atoms with Crippen molar-refractivity contribution in [2.75, 3.05) is 20.3 Å². The van der Waals surface area contributed by atoms with Crippen molar-refractivity contribution in [2.24, 2.45) is 0 Å². The summed E-state index contributed by atoms with van der Waals surface area (Å²) < 4.78 is 5.32. The Balaban J connectivity index is 2.45. The number of para-hydroxylation sites is 1. The second-order valence-electron chi connectivity index (χ2n) is 3.13. The minimum Gasteiger partial charge on any atom is -0.489 e. The van der Waals surface area contributed by atoms with Crippen LogP contribution >= 0.6 is 0 Å². The SMILES string of the molecule is CONCC(O)COc1ccccc1C#N. The van der Waals surface area contributed by atoms with E-state index in [0.717, 1.165) is 0 Å². The molecule has 0 spiro atoms. The summed E-state index contributed by atoms with van der Waals surface area (Å²) in [5.41, 5.74) is 2.97. The standard InChI is InChI=1S/C11H14N2O3/c1-15-13-7-10(14)8-16-11-5-3-2-4-9(11)6-12/h2-5,10,13-14H,7-8H2,1H3. The molecule has 1 aromatic rings. The van der Waals surface area contributed by atoms with Gasteiger partial charge in [-0.3, -0.25) is 0 Å². The Kier molecular flexibility index (Phi) is 5.29. The van der Waals surface area contributed by atoms with E-state index in [1.54, 1.807) is 24.3 Å². The zero-order valence-electron chi connectivity index (χ0n) is 9.01. The first-order valence-corrected chi connectivity index (χ1v) is 4.83. The molecule has 2 N–H and O–H groups in total. The molecule has 16 heavy (non-hydrogen) atoms. The lowest BCUT2D eigenvalue weighted by molar-refractivity contribution is 0.0321. The van der Waals surface area contributed by atoms with Crippen LogP contribution in [-0.2, 0) is 4.84 Å². The number of hydrogen-bond acceptors (Lipinski definition) is 5. The van der Waals surface area contributed by atoms with E-state index in [1.165, 1.54) is 7.11 Å². The lowest BCUT2D eigenvalue weighted by Gasteiger charge is -2.12. The summed E-state index contributed by atoms with van der Waals surface area (Å²) in [5, 5.41) is 18.3. The molecular weight excluding hydrogens is 208 g/mol. The van der Waals surface area contributed by atoms with Crippen molar-refractivity contribution in [3.8, 4) is 11.8 Å². The molecule has 0 aliphatic carbocycles. The summed E-state index contributed by atoms with van der Waals surface area (Å²) in [5.74, 6) is 0.474. The van der Waals surface area contributed by atoms with Gasteiger partial charge in [-0.25, -0.2) is 5.48 Å². The number of ether oxygens (including phenoxy) is 1. The molecular formula is C11H14N2O3. The molecule has 0 radical (unpaired) electrons. The Morgan fingerprint density at radius 2 is 2.25 bits per heavy atom. The summed E-state index contributed by atoms with van der Waals surface area (Å²) in [7, 11) is 1.47. The topological polar surface area (TPSA) is 74.5 Å². The molecule has 0 bridgehead atoms. The van der Waals surface area contributed by atoms with Gasteiger partial charge in [0.1, 0.15) is 24.5 Å². The first-order chi connectivity index (χ1) is 7.77. The van der Waals surface area contributed by atoms with Gasteiger partial charge in [-0.1, -0.05) is 12.1 Å². The predicted octanol–water partition coefficient (Wildman–Crippen LogP) is 0.449. The number of hydrogen-bond donors (Lipinski definition) is 2. The number of hydroxylamine groups is 1. The maximum Gasteiger partial charge on any atom is 0.137 e. The highest BCUT2D eigenvalue weighted by molar-refractivity contribution is 5.42. The van der Waals surface area contributed by atoms with Gasteiger partial charge in [0, 0.05) is 0 Å². The molecule has 0 saturated heterocycles. The van der Waals surface area contributed by atoms with Crippen molar-refractivity contribution in [1.29, 1.82) is 5.26 Å². The maximum absolute atomic E-state index is 9.45. The third kappa shape index (κ3) is 3.87. The van der Waals surface area contributed by atoms with Gasteiger partial charge in [-0.2, -0.15) is 5.26 Å². The van der Waals surface area contributed by atoms with Crippen LogP contribution in [0.15, 0.2) is 24.3 Å². The van der Waals surface area contributed by atoms with Crippen LogP contribution in [0.3, 0.4) is 0 Å². The lowest BCUT2D eigenvalue weighted by atomic mass is 10.2. The fraction of sp³-hybridized carbons (Fsp3) is 0.364. The molecule has 0 aliphatic rings. The van der Waals surface area contributed by atoms with E-state index < -0.39 is 6.10 Å². The number of aliphatic hydroxyl groups excluding tert-OH is 1. The minimum absolute atomic E-state index is 0.106. The molecule has 5 heteroatoms. The third-order valence-electron chi connectivity index (χ3n) is 1.90. The zero-order chi connectivity index (χ0) is 11.8. The average molecular weight is 222 g/mol. The van der Waals surface area contributed by atoms with Gasteiger partial charge in [-0.05, 0) is 12.1 Å². The molecule has 1 rings (SSSR count). The van der Waals surface area contributed by atoms with Gasteiger partial charge >= 0.3 is 0 Å². The van der Waals surface area contributed by atoms with Crippen molar-refractivity contribution in [3.63, 3.8) is 0 Å². The van der Waals surface area contributed by atoms with Crippen LogP contribution in [0, 0.1) is 11.3 Å². The van der Waals surface area contributed by atoms with Crippen LogP contribution in [0.25, 0.3) is 0 Å². The third-order valence-corrected chi connectivity index (χ3v) is 1.90. The Hall–Kier alpha value is -1.61. The van der Waals surface area contributed by atoms with Gasteiger partial charge < -0.3 is 14.7 Å². The van der Waals surface area contributed by atoms with Gasteiger partial charge in [-0.15, -0.1) is 0 Å². The predicted molar refractivity (Wildman–Crippen MR) is 57.7 cm³/mol. The van der Waals surface area contributed by atoms with E-state index in [4.69, 9.17) is 10.00 Å². The molecule has 86 valence electrons. The largest absolute Gasteiger partial charge is 0.489 e. The number of aliphatic hydroxyl groups is 1. The van der Waals surface area contributed by atoms with Crippen LogP contribution in [0.1, 0.15) is 5.56 Å². The van der Waals surface area contributed by atoms with E-state index in [2.05, 4.69) is 10.3 Å². The summed E-state index contributed by atoms with van der Waals surface area (Å²) >= 11 is 0. The van der Waals surface area contributed by atoms with E-state index in [0.29, 0.717) is 11.3 Å². The highest BCUT2D eigenvalue weighted by Gasteiger charge is 2.07. The lowest BCUT2D eigenvalue weighted by Crippen LogP contribution is -2.30. The second-order valence-corrected chi connectivity index (χ2v) is 3.13. The van der Waals surface area contributed by atoms with Gasteiger partial charge in [0.05, 0.1) is 19.2 Å². The molecule has 1 unspecified atom stereocenters. The normalized spacial score (nSPS) is 11.8. The summed E-state index contributed by atoms with van der Waals surface area (Å²) in [6, 6.07) is 8.90. The Bertz CT molecular complexity index is 362. The summed E-state index contributed by atoms with van der Waals surface area (Å²) in [6.07, 6.45) is -0.688. The average Bonchev–Trinajstić information content (AvgIpc) is 2.34. The van der Waals surface area contributed by atoms with Crippen LogP contribution in [0.5, 0.6) is 5.75 Å². The Morgan fingerprint density at radius 1 is 1.50 bits per heavy atom. The number of nitrogens with one attached hydrogen (secondary N) is 1. The zero-order valence-corrected chi connectivity index (χ0v) is 9.01. The summed E-state index contributed by atoms with van der Waals surface area (Å²) in [4.78, 5) is 4.59. The molecule has 0 saturated carbocycles. The first-order valence-electron chi connectivity index (χ1n) is 4.83. The van der Waals surface area contributed by atoms with Gasteiger partial charge in [0.15, 0.2) is 0 Å². The highest BCUT2D eigenvalue weighted by atomic mass is 16.6. The number of nitriles is 1. The smallest absolute Gasteiger partial charge is 0.137 e. The first kappa shape index (κ1) is 12.5. The quantitative estimate of drug-likeness (QED) is 0.683. The molecule has 5 nitrogen and oxygen atoms in total.